The van der Waals surface area contributed by atoms with Crippen LogP contribution in [0.4, 0.5) is 0 Å². The first-order valence-electron chi connectivity index (χ1n) is 7.55. The van der Waals surface area contributed by atoms with E-state index in [2.05, 4.69) is 15.1 Å². The predicted molar refractivity (Wildman–Crippen MR) is 80.5 cm³/mol. The Hall–Kier alpha value is -2.02. The molecule has 0 aliphatic carbocycles. The van der Waals surface area contributed by atoms with Gasteiger partial charge in [-0.3, -0.25) is 4.79 Å². The Morgan fingerprint density at radius 3 is 2.64 bits per heavy atom. The van der Waals surface area contributed by atoms with Gasteiger partial charge in [0.1, 0.15) is 0 Å². The molecule has 0 unspecified atom stereocenters. The van der Waals surface area contributed by atoms with Crippen LogP contribution in [0.25, 0.3) is 5.78 Å². The van der Waals surface area contributed by atoms with Gasteiger partial charge in [0.05, 0.1) is 18.6 Å². The van der Waals surface area contributed by atoms with E-state index in [9.17, 15) is 4.79 Å². The van der Waals surface area contributed by atoms with E-state index in [0.717, 1.165) is 11.4 Å². The number of hydrogen-bond donors (Lipinski definition) is 0. The lowest BCUT2D eigenvalue weighted by atomic mass is 10.2. The van der Waals surface area contributed by atoms with E-state index < -0.39 is 0 Å². The van der Waals surface area contributed by atoms with Crippen LogP contribution in [0.1, 0.15) is 31.1 Å². The predicted octanol–water partition coefficient (Wildman–Crippen LogP) is 0.919. The van der Waals surface area contributed by atoms with Crippen LogP contribution in [0.3, 0.4) is 0 Å². The molecule has 2 aromatic rings. The Morgan fingerprint density at radius 2 is 1.95 bits per heavy atom. The summed E-state index contributed by atoms with van der Waals surface area (Å²) in [6, 6.07) is 1.94. The molecule has 0 spiro atoms. The molecule has 7 nitrogen and oxygen atoms in total. The van der Waals surface area contributed by atoms with Crippen LogP contribution < -0.4 is 0 Å². The van der Waals surface area contributed by atoms with Crippen LogP contribution in [0.15, 0.2) is 6.07 Å². The quantitative estimate of drug-likeness (QED) is 0.825. The Balaban J connectivity index is 1.78. The fourth-order valence-corrected chi connectivity index (χ4v) is 2.91. The van der Waals surface area contributed by atoms with Crippen molar-refractivity contribution in [3.8, 4) is 0 Å². The number of amides is 1. The molecule has 0 radical (unpaired) electrons. The van der Waals surface area contributed by atoms with Gasteiger partial charge >= 0.3 is 0 Å². The van der Waals surface area contributed by atoms with E-state index in [0.29, 0.717) is 24.7 Å². The number of aryl methyl sites for hydroxylation is 2. The van der Waals surface area contributed by atoms with Crippen molar-refractivity contribution in [3.05, 3.63) is 23.3 Å². The molecule has 1 amide bonds. The molecule has 1 fully saturated rings. The van der Waals surface area contributed by atoms with E-state index in [1.54, 1.807) is 4.52 Å². The normalized spacial score (nSPS) is 22.3. The first-order chi connectivity index (χ1) is 10.4. The highest BCUT2D eigenvalue weighted by molar-refractivity contribution is 5.78. The van der Waals surface area contributed by atoms with Gasteiger partial charge < -0.3 is 9.64 Å². The third kappa shape index (κ3) is 2.94. The molecular weight excluding hydrogens is 282 g/mol. The fraction of sp³-hybridized carbons (Fsp3) is 0.600. The zero-order valence-electron chi connectivity index (χ0n) is 13.4. The van der Waals surface area contributed by atoms with Crippen molar-refractivity contribution >= 4 is 11.7 Å². The second kappa shape index (κ2) is 5.64. The first kappa shape index (κ1) is 14.9. The minimum atomic E-state index is 0.0345. The number of morpholine rings is 1. The van der Waals surface area contributed by atoms with Crippen molar-refractivity contribution in [1.82, 2.24) is 24.5 Å². The maximum absolute atomic E-state index is 12.4. The van der Waals surface area contributed by atoms with E-state index in [1.165, 1.54) is 0 Å². The molecule has 3 rings (SSSR count). The van der Waals surface area contributed by atoms with Crippen LogP contribution in [0, 0.1) is 13.8 Å². The molecule has 2 atom stereocenters. The summed E-state index contributed by atoms with van der Waals surface area (Å²) in [5.74, 6) is 1.09. The van der Waals surface area contributed by atoms with Crippen LogP contribution in [-0.2, 0) is 16.0 Å². The standard InChI is InChI=1S/C15H21N5O2/c1-9-5-10(2)20-15(16-9)17-13(18-20)6-14(21)19-7-11(3)22-12(4)8-19/h5,11-12H,6-8H2,1-4H3/t11-,12-/m1/s1. The topological polar surface area (TPSA) is 72.6 Å². The van der Waals surface area contributed by atoms with Crippen molar-refractivity contribution in [2.75, 3.05) is 13.1 Å². The third-order valence-corrected chi connectivity index (χ3v) is 3.74. The lowest BCUT2D eigenvalue weighted by Crippen LogP contribution is -2.48. The molecule has 1 saturated heterocycles. The average Bonchev–Trinajstić information content (AvgIpc) is 2.80. The molecule has 2 aromatic heterocycles. The molecule has 0 aromatic carbocycles. The monoisotopic (exact) mass is 303 g/mol. The molecule has 118 valence electrons. The Kier molecular flexibility index (Phi) is 3.82. The number of nitrogens with zero attached hydrogens (tertiary/aromatic N) is 5. The minimum Gasteiger partial charge on any atom is -0.372 e. The molecule has 0 N–H and O–H groups in total. The van der Waals surface area contributed by atoms with Crippen LogP contribution in [-0.4, -0.2) is 55.7 Å². The van der Waals surface area contributed by atoms with E-state index >= 15 is 0 Å². The first-order valence-corrected chi connectivity index (χ1v) is 7.55. The summed E-state index contributed by atoms with van der Waals surface area (Å²) >= 11 is 0. The number of aromatic nitrogens is 4. The van der Waals surface area contributed by atoms with E-state index in [1.807, 2.05) is 38.7 Å². The molecule has 0 saturated carbocycles. The van der Waals surface area contributed by atoms with Gasteiger partial charge in [0, 0.05) is 24.5 Å². The fourth-order valence-electron chi connectivity index (χ4n) is 2.91. The number of fused-ring (bicyclic) bond motifs is 1. The summed E-state index contributed by atoms with van der Waals surface area (Å²) in [6.07, 6.45) is 0.322. The summed E-state index contributed by atoms with van der Waals surface area (Å²) in [5.41, 5.74) is 1.86. The summed E-state index contributed by atoms with van der Waals surface area (Å²) in [6.45, 7) is 9.07. The number of rotatable bonds is 2. The zero-order chi connectivity index (χ0) is 15.9. The molecule has 7 heteroatoms. The highest BCUT2D eigenvalue weighted by atomic mass is 16.5. The summed E-state index contributed by atoms with van der Waals surface area (Å²) in [7, 11) is 0. The number of ether oxygens (including phenoxy) is 1. The maximum atomic E-state index is 12.4. The second-order valence-corrected chi connectivity index (χ2v) is 6.01. The SMILES string of the molecule is Cc1cc(C)n2nc(CC(=O)N3C[C@@H](C)O[C@H](C)C3)nc2n1. The smallest absolute Gasteiger partial charge is 0.252 e. The van der Waals surface area contributed by atoms with E-state index in [-0.39, 0.29) is 24.5 Å². The molecule has 3 heterocycles. The van der Waals surface area contributed by atoms with Crippen molar-refractivity contribution in [1.29, 1.82) is 0 Å². The largest absolute Gasteiger partial charge is 0.372 e. The lowest BCUT2D eigenvalue weighted by molar-refractivity contribution is -0.142. The summed E-state index contributed by atoms with van der Waals surface area (Å²) < 4.78 is 7.34. The highest BCUT2D eigenvalue weighted by Crippen LogP contribution is 2.12. The molecular formula is C15H21N5O2. The van der Waals surface area contributed by atoms with Gasteiger partial charge in [-0.2, -0.15) is 4.98 Å². The highest BCUT2D eigenvalue weighted by Gasteiger charge is 2.26. The van der Waals surface area contributed by atoms with Gasteiger partial charge in [0.15, 0.2) is 5.82 Å². The van der Waals surface area contributed by atoms with Gasteiger partial charge in [0.2, 0.25) is 5.91 Å². The molecule has 1 aliphatic heterocycles. The van der Waals surface area contributed by atoms with Crippen molar-refractivity contribution in [2.45, 2.75) is 46.3 Å². The Bertz CT molecular complexity index is 701. The van der Waals surface area contributed by atoms with E-state index in [4.69, 9.17) is 4.74 Å². The van der Waals surface area contributed by atoms with Crippen molar-refractivity contribution in [3.63, 3.8) is 0 Å². The van der Waals surface area contributed by atoms with Gasteiger partial charge in [-0.25, -0.2) is 9.50 Å². The van der Waals surface area contributed by atoms with Gasteiger partial charge in [-0.05, 0) is 33.8 Å². The number of carbonyl (C=O) groups is 1. The number of carbonyl (C=O) groups excluding carboxylic acids is 1. The average molecular weight is 303 g/mol. The third-order valence-electron chi connectivity index (χ3n) is 3.74. The Morgan fingerprint density at radius 1 is 1.27 bits per heavy atom. The van der Waals surface area contributed by atoms with Crippen molar-refractivity contribution in [2.24, 2.45) is 0 Å². The summed E-state index contributed by atoms with van der Waals surface area (Å²) in [5, 5.41) is 4.39. The van der Waals surface area contributed by atoms with Gasteiger partial charge in [-0.1, -0.05) is 0 Å². The summed E-state index contributed by atoms with van der Waals surface area (Å²) in [4.78, 5) is 23.0. The second-order valence-electron chi connectivity index (χ2n) is 6.01. The molecule has 22 heavy (non-hydrogen) atoms. The molecule has 0 bridgehead atoms. The maximum Gasteiger partial charge on any atom is 0.252 e. The lowest BCUT2D eigenvalue weighted by Gasteiger charge is -2.35. The Labute approximate surface area is 129 Å². The zero-order valence-corrected chi connectivity index (χ0v) is 13.4. The van der Waals surface area contributed by atoms with Crippen LogP contribution >= 0.6 is 0 Å². The van der Waals surface area contributed by atoms with Crippen LogP contribution in [0.5, 0.6) is 0 Å². The molecule has 1 aliphatic rings. The minimum absolute atomic E-state index is 0.0345. The number of hydrogen-bond acceptors (Lipinski definition) is 5. The van der Waals surface area contributed by atoms with Crippen LogP contribution in [0.2, 0.25) is 0 Å². The van der Waals surface area contributed by atoms with Crippen molar-refractivity contribution < 1.29 is 9.53 Å². The van der Waals surface area contributed by atoms with Gasteiger partial charge in [-0.15, -0.1) is 5.10 Å². The van der Waals surface area contributed by atoms with Gasteiger partial charge in [0.25, 0.3) is 5.78 Å².